The highest BCUT2D eigenvalue weighted by Crippen LogP contribution is 2.44. The van der Waals surface area contributed by atoms with Gasteiger partial charge in [-0.05, 0) is 42.5 Å². The summed E-state index contributed by atoms with van der Waals surface area (Å²) in [5.41, 5.74) is 2.05. The van der Waals surface area contributed by atoms with Crippen LogP contribution in [0.2, 0.25) is 0 Å². The Hall–Kier alpha value is -3.45. The predicted octanol–water partition coefficient (Wildman–Crippen LogP) is 3.90. The molecule has 2 aromatic rings. The van der Waals surface area contributed by atoms with Gasteiger partial charge in [0.1, 0.15) is 12.4 Å². The minimum absolute atomic E-state index is 0.00696. The van der Waals surface area contributed by atoms with Gasteiger partial charge in [0.05, 0.1) is 43.4 Å². The number of carbonyl (C=O) groups excluding carboxylic acids is 2. The van der Waals surface area contributed by atoms with Crippen molar-refractivity contribution in [2.45, 2.75) is 44.5 Å². The molecule has 0 aliphatic carbocycles. The minimum Gasteiger partial charge on any atom is -0.494 e. The molecule has 0 bridgehead atoms. The Balaban J connectivity index is 1.29. The maximum absolute atomic E-state index is 12.9. The average Bonchev–Trinajstić information content (AvgIpc) is 3.51. The molecule has 3 heterocycles. The van der Waals surface area contributed by atoms with E-state index >= 15 is 0 Å². The van der Waals surface area contributed by atoms with E-state index in [1.165, 1.54) is 11.8 Å². The number of amides is 2. The van der Waals surface area contributed by atoms with E-state index in [0.717, 1.165) is 21.8 Å². The monoisotopic (exact) mass is 509 g/mol. The van der Waals surface area contributed by atoms with Gasteiger partial charge >= 0.3 is 6.09 Å². The van der Waals surface area contributed by atoms with Crippen molar-refractivity contribution in [3.63, 3.8) is 0 Å². The van der Waals surface area contributed by atoms with Crippen LogP contribution >= 0.6 is 11.8 Å². The predicted molar refractivity (Wildman–Crippen MR) is 136 cm³/mol. The fourth-order valence-corrected chi connectivity index (χ4v) is 5.92. The van der Waals surface area contributed by atoms with Crippen LogP contribution in [0.1, 0.15) is 38.2 Å². The van der Waals surface area contributed by atoms with E-state index in [0.29, 0.717) is 39.1 Å². The molecule has 1 N–H and O–H groups in total. The standard InChI is InChI=1S/C26H31N5O4S/c1-3-34-20-6-4-5-19(14-20)18(2)13-24(32)29-25-22(15-27)21-7-9-31(16-23(21)36-25)26(33)35-12-11-30-10-8-28-17-30/h4-6,8,10,14,17-18,22,25H,3,7,9,11-13,16H2,1-2H3,(H,29,32). The normalized spacial score (nSPS) is 19.9. The van der Waals surface area contributed by atoms with Crippen LogP contribution in [0.15, 0.2) is 53.5 Å². The van der Waals surface area contributed by atoms with Crippen molar-refractivity contribution >= 4 is 23.8 Å². The Morgan fingerprint density at radius 1 is 1.39 bits per heavy atom. The smallest absolute Gasteiger partial charge is 0.410 e. The number of hydrogen-bond acceptors (Lipinski definition) is 7. The second-order valence-corrected chi connectivity index (χ2v) is 10.1. The molecular formula is C26H31N5O4S. The quantitative estimate of drug-likeness (QED) is 0.546. The summed E-state index contributed by atoms with van der Waals surface area (Å²) in [6.07, 6.45) is 5.71. The molecule has 2 amide bonds. The van der Waals surface area contributed by atoms with E-state index in [-0.39, 0.29) is 29.9 Å². The van der Waals surface area contributed by atoms with Gasteiger partial charge in [-0.3, -0.25) is 4.79 Å². The van der Waals surface area contributed by atoms with Gasteiger partial charge in [-0.1, -0.05) is 19.1 Å². The van der Waals surface area contributed by atoms with Crippen molar-refractivity contribution in [1.29, 1.82) is 5.26 Å². The van der Waals surface area contributed by atoms with Crippen molar-refractivity contribution in [3.05, 3.63) is 59.0 Å². The Kier molecular flexibility index (Phi) is 8.54. The van der Waals surface area contributed by atoms with Crippen LogP contribution in [0.25, 0.3) is 0 Å². The maximum Gasteiger partial charge on any atom is 0.410 e. The Morgan fingerprint density at radius 2 is 2.25 bits per heavy atom. The highest BCUT2D eigenvalue weighted by atomic mass is 32.2. The van der Waals surface area contributed by atoms with Crippen LogP contribution in [0, 0.1) is 17.2 Å². The van der Waals surface area contributed by atoms with Crippen LogP contribution in [-0.2, 0) is 16.1 Å². The van der Waals surface area contributed by atoms with Crippen molar-refractivity contribution in [2.24, 2.45) is 5.92 Å². The van der Waals surface area contributed by atoms with Crippen LogP contribution in [0.3, 0.4) is 0 Å². The average molecular weight is 510 g/mol. The fraction of sp³-hybridized carbons (Fsp3) is 0.462. The first-order chi connectivity index (χ1) is 17.5. The lowest BCUT2D eigenvalue weighted by atomic mass is 9.94. The molecule has 1 aromatic carbocycles. The van der Waals surface area contributed by atoms with Crippen LogP contribution in [0.5, 0.6) is 5.75 Å². The van der Waals surface area contributed by atoms with Crippen molar-refractivity contribution in [1.82, 2.24) is 19.8 Å². The van der Waals surface area contributed by atoms with E-state index in [9.17, 15) is 14.9 Å². The third kappa shape index (κ3) is 6.21. The van der Waals surface area contributed by atoms with E-state index in [4.69, 9.17) is 9.47 Å². The number of hydrogen-bond donors (Lipinski definition) is 1. The van der Waals surface area contributed by atoms with Crippen molar-refractivity contribution in [3.8, 4) is 11.8 Å². The molecule has 2 aliphatic rings. The number of benzene rings is 1. The number of nitriles is 1. The molecule has 0 saturated carbocycles. The SMILES string of the molecule is CCOc1cccc(C(C)CC(=O)NC2SC3=C(CCN(C(=O)OCCn4ccnc4)C3)C2C#N)c1. The van der Waals surface area contributed by atoms with Gasteiger partial charge in [-0.2, -0.15) is 5.26 Å². The first-order valence-corrected chi connectivity index (χ1v) is 13.0. The van der Waals surface area contributed by atoms with Gasteiger partial charge in [0, 0.05) is 30.3 Å². The summed E-state index contributed by atoms with van der Waals surface area (Å²) >= 11 is 1.47. The highest BCUT2D eigenvalue weighted by molar-refractivity contribution is 8.04. The van der Waals surface area contributed by atoms with Gasteiger partial charge in [-0.15, -0.1) is 11.8 Å². The number of nitrogens with zero attached hydrogens (tertiary/aromatic N) is 4. The summed E-state index contributed by atoms with van der Waals surface area (Å²) in [7, 11) is 0. The molecule has 36 heavy (non-hydrogen) atoms. The van der Waals surface area contributed by atoms with E-state index in [2.05, 4.69) is 16.4 Å². The Morgan fingerprint density at radius 3 is 3.00 bits per heavy atom. The number of carbonyl (C=O) groups is 2. The minimum atomic E-state index is -0.398. The largest absolute Gasteiger partial charge is 0.494 e. The molecule has 4 rings (SSSR count). The lowest BCUT2D eigenvalue weighted by Crippen LogP contribution is -2.38. The molecular weight excluding hydrogens is 478 g/mol. The summed E-state index contributed by atoms with van der Waals surface area (Å²) in [5, 5.41) is 12.5. The van der Waals surface area contributed by atoms with Gasteiger partial charge < -0.3 is 24.3 Å². The van der Waals surface area contributed by atoms with E-state index in [1.54, 1.807) is 17.4 Å². The molecule has 0 saturated heterocycles. The van der Waals surface area contributed by atoms with Gasteiger partial charge in [0.25, 0.3) is 0 Å². The third-order valence-corrected chi connectivity index (χ3v) is 7.68. The second-order valence-electron chi connectivity index (χ2n) is 8.86. The number of aromatic nitrogens is 2. The van der Waals surface area contributed by atoms with E-state index in [1.807, 2.05) is 48.9 Å². The first kappa shape index (κ1) is 25.6. The number of thioether (sulfide) groups is 1. The number of ether oxygens (including phenoxy) is 2. The third-order valence-electron chi connectivity index (χ3n) is 6.36. The number of imidazole rings is 1. The molecule has 10 heteroatoms. The second kappa shape index (κ2) is 12.0. The topological polar surface area (TPSA) is 109 Å². The summed E-state index contributed by atoms with van der Waals surface area (Å²) in [6, 6.07) is 10.2. The summed E-state index contributed by atoms with van der Waals surface area (Å²) in [4.78, 5) is 32.0. The highest BCUT2D eigenvalue weighted by Gasteiger charge is 2.40. The zero-order valence-corrected chi connectivity index (χ0v) is 21.4. The zero-order chi connectivity index (χ0) is 25.5. The van der Waals surface area contributed by atoms with Crippen LogP contribution in [0.4, 0.5) is 4.79 Å². The first-order valence-electron chi connectivity index (χ1n) is 12.2. The summed E-state index contributed by atoms with van der Waals surface area (Å²) in [6.45, 7) is 6.23. The van der Waals surface area contributed by atoms with Crippen LogP contribution < -0.4 is 10.1 Å². The molecule has 3 unspecified atom stereocenters. The molecule has 9 nitrogen and oxygen atoms in total. The molecule has 0 fully saturated rings. The fourth-order valence-electron chi connectivity index (χ4n) is 4.45. The van der Waals surface area contributed by atoms with Crippen molar-refractivity contribution < 1.29 is 19.1 Å². The molecule has 3 atom stereocenters. The Bertz CT molecular complexity index is 1140. The van der Waals surface area contributed by atoms with Crippen LogP contribution in [-0.4, -0.2) is 58.1 Å². The molecule has 1 aromatic heterocycles. The lowest BCUT2D eigenvalue weighted by molar-refractivity contribution is -0.121. The maximum atomic E-state index is 12.9. The van der Waals surface area contributed by atoms with E-state index < -0.39 is 5.92 Å². The molecule has 0 spiro atoms. The molecule has 190 valence electrons. The van der Waals surface area contributed by atoms with Gasteiger partial charge in [0.2, 0.25) is 5.91 Å². The summed E-state index contributed by atoms with van der Waals surface area (Å²) in [5.74, 6) is 0.301. The number of rotatable bonds is 9. The summed E-state index contributed by atoms with van der Waals surface area (Å²) < 4.78 is 12.8. The number of nitrogens with one attached hydrogen (secondary N) is 1. The zero-order valence-electron chi connectivity index (χ0n) is 20.6. The van der Waals surface area contributed by atoms with Crippen molar-refractivity contribution in [2.75, 3.05) is 26.3 Å². The molecule has 0 radical (unpaired) electrons. The van der Waals surface area contributed by atoms with Gasteiger partial charge in [-0.25, -0.2) is 9.78 Å². The van der Waals surface area contributed by atoms with Gasteiger partial charge in [0.15, 0.2) is 0 Å². The Labute approximate surface area is 215 Å². The lowest BCUT2D eigenvalue weighted by Gasteiger charge is -2.27. The molecule has 2 aliphatic heterocycles.